The average molecular weight is 670 g/mol. The summed E-state index contributed by atoms with van der Waals surface area (Å²) in [6.07, 6.45) is 11.0. The van der Waals surface area contributed by atoms with Crippen molar-refractivity contribution < 1.29 is 29.0 Å². The Balaban J connectivity index is 1.39. The summed E-state index contributed by atoms with van der Waals surface area (Å²) in [6.45, 7) is 26.8. The molecule has 48 heavy (non-hydrogen) atoms. The van der Waals surface area contributed by atoms with Gasteiger partial charge >= 0.3 is 17.9 Å². The van der Waals surface area contributed by atoms with E-state index in [9.17, 15) is 19.5 Å². The molecule has 10 atom stereocenters. The van der Waals surface area contributed by atoms with Crippen LogP contribution < -0.4 is 5.73 Å². The summed E-state index contributed by atoms with van der Waals surface area (Å²) >= 11 is 0. The number of carboxylic acid groups (broad SMARTS) is 1. The molecule has 0 aromatic rings. The molecule has 0 radical (unpaired) electrons. The number of nitrogens with two attached hydrogens (primary N) is 1. The molecule has 0 amide bonds. The summed E-state index contributed by atoms with van der Waals surface area (Å²) in [5.74, 6) is 1.03. The molecule has 5 unspecified atom stereocenters. The van der Waals surface area contributed by atoms with Gasteiger partial charge in [0.2, 0.25) is 0 Å². The molecular weight excluding hydrogens is 602 g/mol. The summed E-state index contributed by atoms with van der Waals surface area (Å²) in [5, 5.41) is 9.32. The number of aliphatic carboxylic acids is 1. The smallest absolute Gasteiger partial charge is 0.325 e. The first kappa shape index (κ1) is 37.4. The number of ether oxygens (including phenoxy) is 2. The van der Waals surface area contributed by atoms with Crippen LogP contribution in [-0.2, 0) is 23.9 Å². The van der Waals surface area contributed by atoms with E-state index in [4.69, 9.17) is 15.2 Å². The van der Waals surface area contributed by atoms with Crippen molar-refractivity contribution in [2.24, 2.45) is 67.8 Å². The second kappa shape index (κ2) is 12.1. The lowest BCUT2D eigenvalue weighted by atomic mass is 9.32. The van der Waals surface area contributed by atoms with Crippen molar-refractivity contribution in [2.75, 3.05) is 6.61 Å². The van der Waals surface area contributed by atoms with Crippen molar-refractivity contribution in [1.29, 1.82) is 0 Å². The first-order valence-electron chi connectivity index (χ1n) is 19.0. The van der Waals surface area contributed by atoms with Crippen LogP contribution in [0.2, 0.25) is 0 Å². The molecule has 0 aromatic heterocycles. The van der Waals surface area contributed by atoms with Gasteiger partial charge in [0.05, 0.1) is 19.4 Å². The van der Waals surface area contributed by atoms with Gasteiger partial charge in [0.15, 0.2) is 0 Å². The minimum atomic E-state index is -0.997. The number of hydrogen-bond donors (Lipinski definition) is 2. The summed E-state index contributed by atoms with van der Waals surface area (Å²) in [6, 6.07) is 0. The highest BCUT2D eigenvalue weighted by Gasteiger charge is 2.71. The third kappa shape index (κ3) is 5.98. The van der Waals surface area contributed by atoms with E-state index < -0.39 is 16.9 Å². The molecule has 0 spiro atoms. The van der Waals surface area contributed by atoms with E-state index in [1.807, 2.05) is 13.8 Å². The minimum absolute atomic E-state index is 0.0119. The van der Waals surface area contributed by atoms with Crippen molar-refractivity contribution in [2.45, 2.75) is 158 Å². The van der Waals surface area contributed by atoms with E-state index in [0.717, 1.165) is 44.9 Å². The van der Waals surface area contributed by atoms with Gasteiger partial charge in [0.25, 0.3) is 0 Å². The maximum Gasteiger partial charge on any atom is 0.325 e. The van der Waals surface area contributed by atoms with E-state index >= 15 is 0 Å². The molecule has 0 saturated heterocycles. The highest BCUT2D eigenvalue weighted by Crippen LogP contribution is 2.77. The fourth-order valence-corrected chi connectivity index (χ4v) is 13.2. The third-order valence-corrected chi connectivity index (χ3v) is 15.7. The zero-order valence-corrected chi connectivity index (χ0v) is 31.9. The normalized spacial score (nSPS) is 42.0. The molecule has 3 N–H and O–H groups in total. The summed E-state index contributed by atoms with van der Waals surface area (Å²) in [4.78, 5) is 37.4. The van der Waals surface area contributed by atoms with Crippen LogP contribution in [0.3, 0.4) is 0 Å². The van der Waals surface area contributed by atoms with E-state index in [-0.39, 0.29) is 58.0 Å². The van der Waals surface area contributed by atoms with Crippen LogP contribution in [0.4, 0.5) is 0 Å². The van der Waals surface area contributed by atoms with Crippen LogP contribution in [-0.4, -0.2) is 41.3 Å². The number of hydrogen-bond acceptors (Lipinski definition) is 6. The van der Waals surface area contributed by atoms with Crippen LogP contribution >= 0.6 is 0 Å². The van der Waals surface area contributed by atoms with Gasteiger partial charge in [-0.2, -0.15) is 0 Å². The van der Waals surface area contributed by atoms with Gasteiger partial charge in [-0.05, 0) is 136 Å². The monoisotopic (exact) mass is 669 g/mol. The Kier molecular flexibility index (Phi) is 9.43. The van der Waals surface area contributed by atoms with Crippen molar-refractivity contribution in [3.05, 3.63) is 12.2 Å². The lowest BCUT2D eigenvalue weighted by Gasteiger charge is -2.73. The topological polar surface area (TPSA) is 116 Å². The Bertz CT molecular complexity index is 1310. The van der Waals surface area contributed by atoms with Crippen molar-refractivity contribution >= 4 is 17.9 Å². The Hall–Kier alpha value is -1.89. The van der Waals surface area contributed by atoms with Crippen LogP contribution in [0.25, 0.3) is 0 Å². The van der Waals surface area contributed by atoms with Crippen LogP contribution in [0, 0.1) is 62.1 Å². The highest BCUT2D eigenvalue weighted by atomic mass is 16.5. The van der Waals surface area contributed by atoms with E-state index in [1.54, 1.807) is 13.8 Å². The quantitative estimate of drug-likeness (QED) is 0.186. The van der Waals surface area contributed by atoms with Gasteiger partial charge in [-0.3, -0.25) is 14.4 Å². The number of carbonyl (C=O) groups excluding carboxylic acids is 2. The fourth-order valence-electron chi connectivity index (χ4n) is 13.2. The largest absolute Gasteiger partial charge is 0.481 e. The van der Waals surface area contributed by atoms with Crippen LogP contribution in [0.5, 0.6) is 0 Å². The molecule has 5 saturated carbocycles. The average Bonchev–Trinajstić information content (AvgIpc) is 3.32. The Morgan fingerprint density at radius 3 is 2.10 bits per heavy atom. The second-order valence-electron chi connectivity index (χ2n) is 20.1. The van der Waals surface area contributed by atoms with Gasteiger partial charge in [-0.1, -0.05) is 60.6 Å². The molecule has 0 aromatic carbocycles. The Labute approximate surface area is 290 Å². The number of esters is 2. The molecule has 5 rings (SSSR count). The van der Waals surface area contributed by atoms with Crippen molar-refractivity contribution in [3.63, 3.8) is 0 Å². The number of fused-ring (bicyclic) bond motifs is 7. The summed E-state index contributed by atoms with van der Waals surface area (Å²) < 4.78 is 12.3. The maximum atomic E-state index is 13.2. The number of rotatable bonds is 9. The molecular formula is C41H67NO6. The lowest BCUT2D eigenvalue weighted by Crippen LogP contribution is -2.67. The molecule has 0 bridgehead atoms. The van der Waals surface area contributed by atoms with Gasteiger partial charge in [0, 0.05) is 10.8 Å². The number of carboxylic acids is 1. The third-order valence-electron chi connectivity index (χ3n) is 15.7. The van der Waals surface area contributed by atoms with Crippen LogP contribution in [0.1, 0.15) is 146 Å². The fraction of sp³-hybridized carbons (Fsp3) is 0.878. The molecule has 0 aliphatic heterocycles. The predicted molar refractivity (Wildman–Crippen MR) is 189 cm³/mol. The lowest BCUT2D eigenvalue weighted by molar-refractivity contribution is -0.252. The van der Waals surface area contributed by atoms with Crippen molar-refractivity contribution in [3.8, 4) is 0 Å². The first-order chi connectivity index (χ1) is 21.9. The van der Waals surface area contributed by atoms with E-state index in [0.29, 0.717) is 36.2 Å². The zero-order chi connectivity index (χ0) is 35.9. The molecule has 7 nitrogen and oxygen atoms in total. The summed E-state index contributed by atoms with van der Waals surface area (Å²) in [5.41, 5.74) is 6.12. The predicted octanol–water partition coefficient (Wildman–Crippen LogP) is 8.73. The Morgan fingerprint density at radius 2 is 1.50 bits per heavy atom. The molecule has 7 heteroatoms. The molecule has 0 heterocycles. The minimum Gasteiger partial charge on any atom is -0.481 e. The number of carbonyl (C=O) groups is 3. The molecule has 5 fully saturated rings. The van der Waals surface area contributed by atoms with Crippen molar-refractivity contribution in [1.82, 2.24) is 0 Å². The van der Waals surface area contributed by atoms with Gasteiger partial charge in [-0.15, -0.1) is 0 Å². The van der Waals surface area contributed by atoms with Gasteiger partial charge in [-0.25, -0.2) is 0 Å². The second-order valence-corrected chi connectivity index (χ2v) is 20.1. The molecule has 5 aliphatic carbocycles. The molecule has 5 aliphatic rings. The first-order valence-corrected chi connectivity index (χ1v) is 19.0. The SMILES string of the molecule is C=C(C)[C@@H]1CCC2(COC(=O)C(C)(C)N)CC[C@]3(C)C(CCC4[C@@]5(C)CC[C@H](OC(=O)CC(C)(C)CC(=O)O)C(C)(C)C5CC[C@]43C)C12. The van der Waals surface area contributed by atoms with E-state index in [2.05, 4.69) is 48.1 Å². The standard InChI is InChI=1S/C41H67NO6/c1-25(2)26-14-19-41(24-47-34(46)37(7,8)42)21-20-39(10)27(33(26)41)12-13-29-38(9)17-16-30(36(5,6)28(38)15-18-40(29,39)11)48-32(45)23-35(3,4)22-31(43)44/h26-30,33H,1,12-24,42H2,2-11H3,(H,43,44)/t26-,27?,28?,29?,30-,33?,38-,39+,40+,41?/m0/s1. The van der Waals surface area contributed by atoms with Gasteiger partial charge in [0.1, 0.15) is 11.6 Å². The summed E-state index contributed by atoms with van der Waals surface area (Å²) in [7, 11) is 0. The Morgan fingerprint density at radius 1 is 0.833 bits per heavy atom. The maximum absolute atomic E-state index is 13.2. The number of allylic oxidation sites excluding steroid dienone is 1. The zero-order valence-electron chi connectivity index (χ0n) is 31.9. The highest BCUT2D eigenvalue weighted by molar-refractivity contribution is 5.79. The molecule has 272 valence electrons. The van der Waals surface area contributed by atoms with Gasteiger partial charge < -0.3 is 20.3 Å². The van der Waals surface area contributed by atoms with E-state index in [1.165, 1.54) is 24.8 Å². The van der Waals surface area contributed by atoms with Crippen LogP contribution in [0.15, 0.2) is 12.2 Å².